The van der Waals surface area contributed by atoms with Crippen LogP contribution in [0.25, 0.3) is 0 Å². The Balaban J connectivity index is 2.47. The molecule has 3 nitrogen and oxygen atoms in total. The van der Waals surface area contributed by atoms with Crippen LogP contribution in [0.3, 0.4) is 0 Å². The van der Waals surface area contributed by atoms with E-state index in [9.17, 15) is 4.79 Å². The number of aryl methyl sites for hydroxylation is 3. The van der Waals surface area contributed by atoms with E-state index in [1.807, 2.05) is 6.92 Å². The molecule has 0 atom stereocenters. The number of hydrogen-bond acceptors (Lipinski definition) is 2. The van der Waals surface area contributed by atoms with Crippen molar-refractivity contribution in [3.63, 3.8) is 0 Å². The molecule has 18 heavy (non-hydrogen) atoms. The van der Waals surface area contributed by atoms with Gasteiger partial charge in [0, 0.05) is 6.54 Å². The smallest absolute Gasteiger partial charge is 0.233 e. The lowest BCUT2D eigenvalue weighted by atomic mass is 9.97. The molecule has 0 saturated carbocycles. The highest BCUT2D eigenvalue weighted by Crippen LogP contribution is 2.16. The molecule has 0 aliphatic rings. The predicted octanol–water partition coefficient (Wildman–Crippen LogP) is 1.88. The topological polar surface area (TPSA) is 41.1 Å². The van der Waals surface area contributed by atoms with E-state index >= 15 is 0 Å². The fourth-order valence-corrected chi connectivity index (χ4v) is 2.23. The molecule has 1 rings (SSSR count). The fourth-order valence-electron chi connectivity index (χ4n) is 2.23. The Bertz CT molecular complexity index is 390. The normalized spacial score (nSPS) is 10.4. The summed E-state index contributed by atoms with van der Waals surface area (Å²) in [6.07, 6.45) is 0.899. The fraction of sp³-hybridized carbons (Fsp3) is 0.533. The van der Waals surface area contributed by atoms with Crippen LogP contribution in [-0.2, 0) is 11.2 Å². The van der Waals surface area contributed by atoms with Gasteiger partial charge in [-0.15, -0.1) is 0 Å². The SMILES string of the molecule is CCNCC(=O)NCCc1c(C)cc(C)cc1C. The summed E-state index contributed by atoms with van der Waals surface area (Å²) in [5, 5.41) is 5.95. The van der Waals surface area contributed by atoms with Crippen LogP contribution in [0.15, 0.2) is 12.1 Å². The molecule has 0 radical (unpaired) electrons. The van der Waals surface area contributed by atoms with Crippen LogP contribution in [0.2, 0.25) is 0 Å². The van der Waals surface area contributed by atoms with Crippen LogP contribution in [0, 0.1) is 20.8 Å². The number of amides is 1. The van der Waals surface area contributed by atoms with Crippen molar-refractivity contribution in [3.8, 4) is 0 Å². The molecule has 0 aliphatic heterocycles. The van der Waals surface area contributed by atoms with Gasteiger partial charge in [-0.1, -0.05) is 24.6 Å². The quantitative estimate of drug-likeness (QED) is 0.807. The zero-order valence-corrected chi connectivity index (χ0v) is 11.9. The number of likely N-dealkylation sites (N-methyl/N-ethyl adjacent to an activating group) is 1. The lowest BCUT2D eigenvalue weighted by molar-refractivity contribution is -0.120. The first-order chi connectivity index (χ1) is 8.54. The number of nitrogens with one attached hydrogen (secondary N) is 2. The van der Waals surface area contributed by atoms with Crippen molar-refractivity contribution in [2.75, 3.05) is 19.6 Å². The third-order valence-corrected chi connectivity index (χ3v) is 3.07. The molecule has 0 aromatic heterocycles. The zero-order valence-electron chi connectivity index (χ0n) is 11.9. The maximum atomic E-state index is 11.4. The number of carbonyl (C=O) groups is 1. The van der Waals surface area contributed by atoms with E-state index in [-0.39, 0.29) is 5.91 Å². The molecule has 1 aromatic rings. The summed E-state index contributed by atoms with van der Waals surface area (Å²) in [5.41, 5.74) is 5.27. The van der Waals surface area contributed by atoms with E-state index in [0.717, 1.165) is 13.0 Å². The maximum Gasteiger partial charge on any atom is 0.233 e. The van der Waals surface area contributed by atoms with Crippen LogP contribution >= 0.6 is 0 Å². The highest BCUT2D eigenvalue weighted by Gasteiger charge is 2.05. The molecule has 0 unspecified atom stereocenters. The van der Waals surface area contributed by atoms with E-state index < -0.39 is 0 Å². The number of carbonyl (C=O) groups excluding carboxylic acids is 1. The maximum absolute atomic E-state index is 11.4. The van der Waals surface area contributed by atoms with Crippen LogP contribution in [0.5, 0.6) is 0 Å². The third-order valence-electron chi connectivity index (χ3n) is 3.07. The summed E-state index contributed by atoms with van der Waals surface area (Å²) < 4.78 is 0. The van der Waals surface area contributed by atoms with Gasteiger partial charge >= 0.3 is 0 Å². The van der Waals surface area contributed by atoms with Gasteiger partial charge in [0.25, 0.3) is 0 Å². The van der Waals surface area contributed by atoms with Crippen LogP contribution in [-0.4, -0.2) is 25.5 Å². The molecule has 1 aromatic carbocycles. The van der Waals surface area contributed by atoms with Crippen LogP contribution < -0.4 is 10.6 Å². The van der Waals surface area contributed by atoms with Gasteiger partial charge < -0.3 is 10.6 Å². The van der Waals surface area contributed by atoms with Crippen molar-refractivity contribution in [1.29, 1.82) is 0 Å². The minimum atomic E-state index is 0.0688. The highest BCUT2D eigenvalue weighted by molar-refractivity contribution is 5.77. The molecule has 0 bridgehead atoms. The van der Waals surface area contributed by atoms with Gasteiger partial charge in [-0.25, -0.2) is 0 Å². The van der Waals surface area contributed by atoms with Crippen molar-refractivity contribution in [2.24, 2.45) is 0 Å². The van der Waals surface area contributed by atoms with Gasteiger partial charge in [0.15, 0.2) is 0 Å². The molecular weight excluding hydrogens is 224 g/mol. The summed E-state index contributed by atoms with van der Waals surface area (Å²) in [7, 11) is 0. The Morgan fingerprint density at radius 3 is 2.33 bits per heavy atom. The number of benzene rings is 1. The molecule has 0 saturated heterocycles. The van der Waals surface area contributed by atoms with Crippen molar-refractivity contribution in [2.45, 2.75) is 34.1 Å². The molecule has 0 aliphatic carbocycles. The Hall–Kier alpha value is -1.35. The molecular formula is C15H24N2O. The van der Waals surface area contributed by atoms with Gasteiger partial charge in [-0.3, -0.25) is 4.79 Å². The Morgan fingerprint density at radius 2 is 1.78 bits per heavy atom. The average molecular weight is 248 g/mol. The molecule has 2 N–H and O–H groups in total. The lowest BCUT2D eigenvalue weighted by Crippen LogP contribution is -2.34. The summed E-state index contributed by atoms with van der Waals surface area (Å²) in [6.45, 7) is 10.3. The van der Waals surface area contributed by atoms with Gasteiger partial charge in [0.2, 0.25) is 5.91 Å². The summed E-state index contributed by atoms with van der Waals surface area (Å²) in [5.74, 6) is 0.0688. The van der Waals surface area contributed by atoms with Gasteiger partial charge in [0.1, 0.15) is 0 Å². The lowest BCUT2D eigenvalue weighted by Gasteiger charge is -2.12. The van der Waals surface area contributed by atoms with E-state index in [4.69, 9.17) is 0 Å². The molecule has 0 spiro atoms. The standard InChI is InChI=1S/C15H24N2O/c1-5-16-10-15(18)17-7-6-14-12(3)8-11(2)9-13(14)4/h8-9,16H,5-7,10H2,1-4H3,(H,17,18). The Morgan fingerprint density at radius 1 is 1.17 bits per heavy atom. The van der Waals surface area contributed by atoms with Crippen molar-refractivity contribution >= 4 is 5.91 Å². The first kappa shape index (κ1) is 14.7. The second-order valence-electron chi connectivity index (χ2n) is 4.76. The monoisotopic (exact) mass is 248 g/mol. The molecule has 3 heteroatoms. The summed E-state index contributed by atoms with van der Waals surface area (Å²) in [6, 6.07) is 4.39. The first-order valence-corrected chi connectivity index (χ1v) is 6.58. The summed E-state index contributed by atoms with van der Waals surface area (Å²) in [4.78, 5) is 11.4. The first-order valence-electron chi connectivity index (χ1n) is 6.58. The molecule has 100 valence electrons. The van der Waals surface area contributed by atoms with E-state index in [1.54, 1.807) is 0 Å². The predicted molar refractivity (Wildman–Crippen MR) is 75.9 cm³/mol. The van der Waals surface area contributed by atoms with E-state index in [0.29, 0.717) is 13.1 Å². The number of rotatable bonds is 6. The second-order valence-corrected chi connectivity index (χ2v) is 4.76. The summed E-state index contributed by atoms with van der Waals surface area (Å²) >= 11 is 0. The van der Waals surface area contributed by atoms with Crippen LogP contribution in [0.4, 0.5) is 0 Å². The van der Waals surface area contributed by atoms with Gasteiger partial charge in [0.05, 0.1) is 6.54 Å². The Kier molecular flexibility index (Phi) is 5.86. The van der Waals surface area contributed by atoms with E-state index in [2.05, 4.69) is 43.5 Å². The molecule has 0 fully saturated rings. The van der Waals surface area contributed by atoms with Crippen LogP contribution in [0.1, 0.15) is 29.2 Å². The Labute approximate surface area is 110 Å². The minimum Gasteiger partial charge on any atom is -0.355 e. The van der Waals surface area contributed by atoms with Crippen molar-refractivity contribution < 1.29 is 4.79 Å². The molecule has 1 amide bonds. The minimum absolute atomic E-state index is 0.0688. The van der Waals surface area contributed by atoms with E-state index in [1.165, 1.54) is 22.3 Å². The molecule has 0 heterocycles. The largest absolute Gasteiger partial charge is 0.355 e. The highest BCUT2D eigenvalue weighted by atomic mass is 16.1. The third kappa shape index (κ3) is 4.49. The zero-order chi connectivity index (χ0) is 13.5. The second kappa shape index (κ2) is 7.17. The number of hydrogen-bond donors (Lipinski definition) is 2. The van der Waals surface area contributed by atoms with Crippen molar-refractivity contribution in [3.05, 3.63) is 34.4 Å². The average Bonchev–Trinajstić information content (AvgIpc) is 2.29. The van der Waals surface area contributed by atoms with Crippen molar-refractivity contribution in [1.82, 2.24) is 10.6 Å². The van der Waals surface area contributed by atoms with Gasteiger partial charge in [-0.05, 0) is 50.4 Å². The van der Waals surface area contributed by atoms with Gasteiger partial charge in [-0.2, -0.15) is 0 Å².